The summed E-state index contributed by atoms with van der Waals surface area (Å²) in [6.07, 6.45) is 10.4. The van der Waals surface area contributed by atoms with E-state index in [0.717, 1.165) is 12.6 Å². The normalized spacial score (nSPS) is 15.8. The molecule has 1 aromatic heterocycles. The second-order valence-electron chi connectivity index (χ2n) is 4.36. The highest BCUT2D eigenvalue weighted by Crippen LogP contribution is 2.18. The Labute approximate surface area is 91.9 Å². The molecule has 1 heterocycles. The monoisotopic (exact) mass is 207 g/mol. The Morgan fingerprint density at radius 1 is 1.47 bits per heavy atom. The van der Waals surface area contributed by atoms with Crippen LogP contribution >= 0.6 is 0 Å². The summed E-state index contributed by atoms with van der Waals surface area (Å²) in [5, 5.41) is 3.54. The first-order valence-corrected chi connectivity index (χ1v) is 6.12. The number of nitrogens with one attached hydrogen (secondary N) is 1. The molecule has 0 amide bonds. The van der Waals surface area contributed by atoms with E-state index in [1.54, 1.807) is 0 Å². The number of nitrogens with zero attached hydrogens (tertiary/aromatic N) is 2. The molecule has 0 unspecified atom stereocenters. The van der Waals surface area contributed by atoms with Crippen LogP contribution in [0.4, 0.5) is 0 Å². The van der Waals surface area contributed by atoms with E-state index in [2.05, 4.69) is 21.8 Å². The van der Waals surface area contributed by atoms with E-state index >= 15 is 0 Å². The van der Waals surface area contributed by atoms with E-state index in [4.69, 9.17) is 0 Å². The summed E-state index contributed by atoms with van der Waals surface area (Å²) in [4.78, 5) is 4.18. The van der Waals surface area contributed by atoms with Gasteiger partial charge in [-0.3, -0.25) is 0 Å². The Morgan fingerprint density at radius 2 is 2.33 bits per heavy atom. The fourth-order valence-corrected chi connectivity index (χ4v) is 1.87. The maximum atomic E-state index is 4.18. The lowest BCUT2D eigenvalue weighted by molar-refractivity contribution is 0.604. The zero-order chi connectivity index (χ0) is 10.5. The number of imidazole rings is 1. The minimum Gasteiger partial charge on any atom is -0.335 e. The van der Waals surface area contributed by atoms with Gasteiger partial charge in [-0.15, -0.1) is 0 Å². The molecule has 1 fully saturated rings. The van der Waals surface area contributed by atoms with Crippen LogP contribution in [-0.2, 0) is 13.0 Å². The van der Waals surface area contributed by atoms with Crippen molar-refractivity contribution in [2.45, 2.75) is 51.6 Å². The quantitative estimate of drug-likeness (QED) is 0.693. The van der Waals surface area contributed by atoms with Gasteiger partial charge in [0.25, 0.3) is 0 Å². The van der Waals surface area contributed by atoms with E-state index in [0.29, 0.717) is 0 Å². The standard InChI is InChI=1S/C12H21N3/c1-2-15-10-13-9-12(15)5-3-4-8-14-11-6-7-11/h9-11,14H,2-8H2,1H3. The highest BCUT2D eigenvalue weighted by Gasteiger charge is 2.19. The van der Waals surface area contributed by atoms with E-state index in [-0.39, 0.29) is 0 Å². The molecule has 0 aromatic carbocycles. The third-order valence-electron chi connectivity index (χ3n) is 3.01. The molecule has 0 aliphatic heterocycles. The van der Waals surface area contributed by atoms with Gasteiger partial charge in [0.1, 0.15) is 0 Å². The number of hydrogen-bond acceptors (Lipinski definition) is 2. The van der Waals surface area contributed by atoms with E-state index < -0.39 is 0 Å². The molecule has 84 valence electrons. The molecule has 1 saturated carbocycles. The summed E-state index contributed by atoms with van der Waals surface area (Å²) < 4.78 is 2.23. The lowest BCUT2D eigenvalue weighted by Crippen LogP contribution is -2.17. The minimum atomic E-state index is 0.853. The van der Waals surface area contributed by atoms with Crippen molar-refractivity contribution in [2.75, 3.05) is 6.54 Å². The molecule has 0 bridgehead atoms. The minimum absolute atomic E-state index is 0.853. The molecule has 1 aliphatic rings. The topological polar surface area (TPSA) is 29.9 Å². The molecule has 1 N–H and O–H groups in total. The van der Waals surface area contributed by atoms with Crippen molar-refractivity contribution in [2.24, 2.45) is 0 Å². The van der Waals surface area contributed by atoms with Gasteiger partial charge in [-0.2, -0.15) is 0 Å². The van der Waals surface area contributed by atoms with Gasteiger partial charge < -0.3 is 9.88 Å². The van der Waals surface area contributed by atoms with Gasteiger partial charge >= 0.3 is 0 Å². The molecule has 3 heteroatoms. The average molecular weight is 207 g/mol. The Bertz CT molecular complexity index is 289. The van der Waals surface area contributed by atoms with Gasteiger partial charge in [0.05, 0.1) is 6.33 Å². The summed E-state index contributed by atoms with van der Waals surface area (Å²) in [5.74, 6) is 0. The molecule has 2 rings (SSSR count). The van der Waals surface area contributed by atoms with Gasteiger partial charge in [0, 0.05) is 24.5 Å². The van der Waals surface area contributed by atoms with Crippen LogP contribution in [0.1, 0.15) is 38.3 Å². The molecule has 15 heavy (non-hydrogen) atoms. The summed E-state index contributed by atoms with van der Waals surface area (Å²) in [6, 6.07) is 0.853. The van der Waals surface area contributed by atoms with Gasteiger partial charge in [-0.25, -0.2) is 4.98 Å². The second kappa shape index (κ2) is 5.31. The number of unbranched alkanes of at least 4 members (excludes halogenated alkanes) is 1. The van der Waals surface area contributed by atoms with Crippen molar-refractivity contribution in [3.63, 3.8) is 0 Å². The maximum Gasteiger partial charge on any atom is 0.0948 e. The molecule has 1 aromatic rings. The van der Waals surface area contributed by atoms with Crippen LogP contribution in [0, 0.1) is 0 Å². The molecule has 0 radical (unpaired) electrons. The van der Waals surface area contributed by atoms with E-state index in [1.807, 2.05) is 12.5 Å². The Hall–Kier alpha value is -0.830. The summed E-state index contributed by atoms with van der Waals surface area (Å²) >= 11 is 0. The SMILES string of the molecule is CCn1cncc1CCCCNC1CC1. The fraction of sp³-hybridized carbons (Fsp3) is 0.750. The Kier molecular flexibility index (Phi) is 3.78. The second-order valence-corrected chi connectivity index (χ2v) is 4.36. The van der Waals surface area contributed by atoms with Gasteiger partial charge in [0.15, 0.2) is 0 Å². The van der Waals surface area contributed by atoms with Gasteiger partial charge in [-0.1, -0.05) is 0 Å². The molecular formula is C12H21N3. The lowest BCUT2D eigenvalue weighted by Gasteiger charge is -2.05. The number of hydrogen-bond donors (Lipinski definition) is 1. The lowest BCUT2D eigenvalue weighted by atomic mass is 10.2. The zero-order valence-electron chi connectivity index (χ0n) is 9.58. The van der Waals surface area contributed by atoms with Crippen molar-refractivity contribution in [3.05, 3.63) is 18.2 Å². The third kappa shape index (κ3) is 3.34. The third-order valence-corrected chi connectivity index (χ3v) is 3.01. The predicted molar refractivity (Wildman–Crippen MR) is 61.9 cm³/mol. The summed E-state index contributed by atoms with van der Waals surface area (Å²) in [7, 11) is 0. The Morgan fingerprint density at radius 3 is 3.07 bits per heavy atom. The van der Waals surface area contributed by atoms with Crippen molar-refractivity contribution >= 4 is 0 Å². The van der Waals surface area contributed by atoms with Crippen molar-refractivity contribution in [1.29, 1.82) is 0 Å². The first-order valence-electron chi connectivity index (χ1n) is 6.12. The van der Waals surface area contributed by atoms with Crippen LogP contribution < -0.4 is 5.32 Å². The maximum absolute atomic E-state index is 4.18. The zero-order valence-corrected chi connectivity index (χ0v) is 9.58. The van der Waals surface area contributed by atoms with Crippen LogP contribution in [0.2, 0.25) is 0 Å². The summed E-state index contributed by atoms with van der Waals surface area (Å²) in [6.45, 7) is 4.39. The fourth-order valence-electron chi connectivity index (χ4n) is 1.87. The van der Waals surface area contributed by atoms with E-state index in [9.17, 15) is 0 Å². The molecule has 0 spiro atoms. The molecule has 3 nitrogen and oxygen atoms in total. The van der Waals surface area contributed by atoms with E-state index in [1.165, 1.54) is 44.3 Å². The van der Waals surface area contributed by atoms with Gasteiger partial charge in [0.2, 0.25) is 0 Å². The number of aryl methyl sites for hydroxylation is 2. The highest BCUT2D eigenvalue weighted by molar-refractivity contribution is 4.98. The van der Waals surface area contributed by atoms with Crippen LogP contribution in [0.25, 0.3) is 0 Å². The van der Waals surface area contributed by atoms with Crippen LogP contribution in [-0.4, -0.2) is 22.1 Å². The number of aromatic nitrogens is 2. The van der Waals surface area contributed by atoms with Crippen LogP contribution in [0.5, 0.6) is 0 Å². The first kappa shape index (κ1) is 10.7. The van der Waals surface area contributed by atoms with Crippen molar-refractivity contribution in [1.82, 2.24) is 14.9 Å². The molecular weight excluding hydrogens is 186 g/mol. The average Bonchev–Trinajstić information content (AvgIpc) is 2.96. The highest BCUT2D eigenvalue weighted by atomic mass is 15.0. The molecule has 0 saturated heterocycles. The predicted octanol–water partition coefficient (Wildman–Crippen LogP) is 1.98. The smallest absolute Gasteiger partial charge is 0.0948 e. The van der Waals surface area contributed by atoms with Crippen LogP contribution in [0.3, 0.4) is 0 Å². The molecule has 0 atom stereocenters. The summed E-state index contributed by atoms with van der Waals surface area (Å²) in [5.41, 5.74) is 1.38. The van der Waals surface area contributed by atoms with Gasteiger partial charge in [-0.05, 0) is 45.6 Å². The molecule has 1 aliphatic carbocycles. The largest absolute Gasteiger partial charge is 0.335 e. The van der Waals surface area contributed by atoms with Crippen molar-refractivity contribution in [3.8, 4) is 0 Å². The number of rotatable bonds is 7. The Balaban J connectivity index is 1.59. The van der Waals surface area contributed by atoms with Crippen LogP contribution in [0.15, 0.2) is 12.5 Å². The van der Waals surface area contributed by atoms with Crippen molar-refractivity contribution < 1.29 is 0 Å². The first-order chi connectivity index (χ1) is 7.40.